The van der Waals surface area contributed by atoms with E-state index in [4.69, 9.17) is 9.84 Å². The second-order valence-corrected chi connectivity index (χ2v) is 2.37. The van der Waals surface area contributed by atoms with Gasteiger partial charge < -0.3 is 9.84 Å². The lowest BCUT2D eigenvalue weighted by molar-refractivity contribution is 0.0963. The molecule has 0 amide bonds. The molecule has 0 aromatic carbocycles. The highest BCUT2D eigenvalue weighted by Gasteiger charge is 1.83. The summed E-state index contributed by atoms with van der Waals surface area (Å²) in [6.45, 7) is 4.23. The molecule has 56 valence electrons. The van der Waals surface area contributed by atoms with Gasteiger partial charge in [0.25, 0.3) is 0 Å². The second-order valence-electron chi connectivity index (χ2n) is 1.51. The van der Waals surface area contributed by atoms with Crippen LogP contribution in [0.1, 0.15) is 0 Å². The van der Waals surface area contributed by atoms with E-state index in [1.54, 1.807) is 0 Å². The van der Waals surface area contributed by atoms with Crippen molar-refractivity contribution >= 4 is 8.73 Å². The van der Waals surface area contributed by atoms with Gasteiger partial charge in [0.05, 0.1) is 19.8 Å². The topological polar surface area (TPSA) is 41.5 Å². The van der Waals surface area contributed by atoms with Crippen LogP contribution in [0, 0.1) is 0 Å². The van der Waals surface area contributed by atoms with Crippen LogP contribution in [-0.4, -0.2) is 38.1 Å². The number of aliphatic hydroxyl groups excluding tert-OH is 1. The van der Waals surface area contributed by atoms with E-state index in [1.807, 2.05) is 0 Å². The Hall–Kier alpha value is 0.310. The van der Waals surface area contributed by atoms with E-state index in [2.05, 4.69) is 11.8 Å². The van der Waals surface area contributed by atoms with Gasteiger partial charge >= 0.3 is 0 Å². The SMILES string of the molecule is CPNCCOCCO. The van der Waals surface area contributed by atoms with Crippen LogP contribution in [0.5, 0.6) is 0 Å². The van der Waals surface area contributed by atoms with Crippen molar-refractivity contribution in [1.29, 1.82) is 0 Å². The van der Waals surface area contributed by atoms with Crippen LogP contribution in [-0.2, 0) is 4.74 Å². The van der Waals surface area contributed by atoms with Crippen LogP contribution in [0.25, 0.3) is 0 Å². The minimum Gasteiger partial charge on any atom is -0.394 e. The molecule has 0 radical (unpaired) electrons. The molecule has 0 aliphatic heterocycles. The maximum Gasteiger partial charge on any atom is 0.0698 e. The van der Waals surface area contributed by atoms with Crippen molar-refractivity contribution in [3.63, 3.8) is 0 Å². The summed E-state index contributed by atoms with van der Waals surface area (Å²) >= 11 is 0. The molecular weight excluding hydrogens is 137 g/mol. The summed E-state index contributed by atoms with van der Waals surface area (Å²) in [4.78, 5) is 0. The Morgan fingerprint density at radius 1 is 1.56 bits per heavy atom. The maximum absolute atomic E-state index is 8.28. The van der Waals surface area contributed by atoms with Crippen molar-refractivity contribution in [3.05, 3.63) is 0 Å². The molecule has 1 unspecified atom stereocenters. The van der Waals surface area contributed by atoms with Gasteiger partial charge in [-0.15, -0.1) is 0 Å². The fourth-order valence-corrected chi connectivity index (χ4v) is 0.767. The zero-order valence-corrected chi connectivity index (χ0v) is 6.68. The van der Waals surface area contributed by atoms with Gasteiger partial charge in [-0.2, -0.15) is 0 Å². The van der Waals surface area contributed by atoms with Crippen molar-refractivity contribution in [2.45, 2.75) is 0 Å². The minimum atomic E-state index is 0.119. The summed E-state index contributed by atoms with van der Waals surface area (Å²) in [5.41, 5.74) is 0. The molecule has 0 fully saturated rings. The molecule has 0 aliphatic carbocycles. The highest BCUT2D eigenvalue weighted by atomic mass is 31.1. The molecule has 0 saturated heterocycles. The standard InChI is InChI=1S/C5H14NO2P/c1-9-6-2-4-8-5-3-7/h6-7,9H,2-5H2,1H3. The molecule has 0 heterocycles. The van der Waals surface area contributed by atoms with E-state index >= 15 is 0 Å². The zero-order valence-electron chi connectivity index (χ0n) is 5.68. The Morgan fingerprint density at radius 2 is 2.33 bits per heavy atom. The molecule has 0 spiro atoms. The highest BCUT2D eigenvalue weighted by molar-refractivity contribution is 7.34. The number of nitrogens with one attached hydrogen (secondary N) is 1. The van der Waals surface area contributed by atoms with E-state index in [1.165, 1.54) is 0 Å². The number of rotatable bonds is 6. The quantitative estimate of drug-likeness (QED) is 0.408. The first kappa shape index (κ1) is 9.31. The largest absolute Gasteiger partial charge is 0.394 e. The van der Waals surface area contributed by atoms with Crippen LogP contribution >= 0.6 is 8.73 Å². The lowest BCUT2D eigenvalue weighted by atomic mass is 10.7. The fourth-order valence-electron chi connectivity index (χ4n) is 0.415. The number of hydrogen-bond acceptors (Lipinski definition) is 3. The molecule has 1 atom stereocenters. The van der Waals surface area contributed by atoms with E-state index in [-0.39, 0.29) is 6.61 Å². The molecule has 2 N–H and O–H groups in total. The number of hydrogen-bond donors (Lipinski definition) is 2. The molecule has 0 saturated carbocycles. The minimum absolute atomic E-state index is 0.119. The normalized spacial score (nSPS) is 11.3. The predicted octanol–water partition coefficient (Wildman–Crippen LogP) is -0.192. The van der Waals surface area contributed by atoms with Crippen molar-refractivity contribution in [1.82, 2.24) is 5.09 Å². The first-order valence-corrected chi connectivity index (χ1v) is 4.50. The van der Waals surface area contributed by atoms with Gasteiger partial charge in [-0.05, 0) is 6.66 Å². The summed E-state index contributed by atoms with van der Waals surface area (Å²) in [5, 5.41) is 11.4. The summed E-state index contributed by atoms with van der Waals surface area (Å²) in [7, 11) is 0.777. The van der Waals surface area contributed by atoms with Gasteiger partial charge in [-0.3, -0.25) is 5.09 Å². The Balaban J connectivity index is 2.60. The molecule has 0 aromatic rings. The Kier molecular flexibility index (Phi) is 8.60. The van der Waals surface area contributed by atoms with Crippen LogP contribution in [0.2, 0.25) is 0 Å². The molecule has 0 bridgehead atoms. The van der Waals surface area contributed by atoms with Crippen molar-refractivity contribution in [2.75, 3.05) is 33.0 Å². The average Bonchev–Trinajstić information content (AvgIpc) is 1.89. The van der Waals surface area contributed by atoms with E-state index < -0.39 is 0 Å². The fraction of sp³-hybridized carbons (Fsp3) is 1.00. The smallest absolute Gasteiger partial charge is 0.0698 e. The molecular formula is C5H14NO2P. The van der Waals surface area contributed by atoms with Gasteiger partial charge in [0.2, 0.25) is 0 Å². The number of aliphatic hydroxyl groups is 1. The van der Waals surface area contributed by atoms with E-state index in [0.717, 1.165) is 15.3 Å². The Morgan fingerprint density at radius 3 is 2.89 bits per heavy atom. The van der Waals surface area contributed by atoms with Crippen LogP contribution in [0.4, 0.5) is 0 Å². The zero-order chi connectivity index (χ0) is 6.95. The lowest BCUT2D eigenvalue weighted by Crippen LogP contribution is -2.12. The van der Waals surface area contributed by atoms with Crippen molar-refractivity contribution in [2.24, 2.45) is 0 Å². The first-order chi connectivity index (χ1) is 4.41. The second kappa shape index (κ2) is 8.31. The van der Waals surface area contributed by atoms with E-state index in [0.29, 0.717) is 13.2 Å². The maximum atomic E-state index is 8.28. The average molecular weight is 151 g/mol. The van der Waals surface area contributed by atoms with Crippen LogP contribution in [0.15, 0.2) is 0 Å². The molecule has 0 aromatic heterocycles. The number of ether oxygens (including phenoxy) is 1. The molecule has 3 nitrogen and oxygen atoms in total. The first-order valence-electron chi connectivity index (χ1n) is 3.00. The summed E-state index contributed by atoms with van der Waals surface area (Å²) in [5.74, 6) is 0. The lowest BCUT2D eigenvalue weighted by Gasteiger charge is -2.00. The summed E-state index contributed by atoms with van der Waals surface area (Å²) in [6.07, 6.45) is 0. The monoisotopic (exact) mass is 151 g/mol. The van der Waals surface area contributed by atoms with Gasteiger partial charge in [-0.1, -0.05) is 8.73 Å². The Labute approximate surface area is 57.6 Å². The summed E-state index contributed by atoms with van der Waals surface area (Å²) in [6, 6.07) is 0. The van der Waals surface area contributed by atoms with Gasteiger partial charge in [-0.25, -0.2) is 0 Å². The highest BCUT2D eigenvalue weighted by Crippen LogP contribution is 1.89. The van der Waals surface area contributed by atoms with Gasteiger partial charge in [0, 0.05) is 6.54 Å². The Bertz CT molecular complexity index is 48.2. The third-order valence-corrected chi connectivity index (χ3v) is 1.39. The summed E-state index contributed by atoms with van der Waals surface area (Å²) < 4.78 is 4.98. The molecule has 9 heavy (non-hydrogen) atoms. The third-order valence-electron chi connectivity index (χ3n) is 0.784. The molecule has 4 heteroatoms. The third kappa shape index (κ3) is 8.31. The molecule has 0 aliphatic rings. The van der Waals surface area contributed by atoms with Crippen molar-refractivity contribution < 1.29 is 9.84 Å². The van der Waals surface area contributed by atoms with E-state index in [9.17, 15) is 0 Å². The van der Waals surface area contributed by atoms with Gasteiger partial charge in [0.15, 0.2) is 0 Å². The van der Waals surface area contributed by atoms with Crippen molar-refractivity contribution in [3.8, 4) is 0 Å². The predicted molar refractivity (Wildman–Crippen MR) is 40.1 cm³/mol. The van der Waals surface area contributed by atoms with Gasteiger partial charge in [0.1, 0.15) is 0 Å². The molecule has 0 rings (SSSR count). The van der Waals surface area contributed by atoms with Crippen LogP contribution in [0.3, 0.4) is 0 Å². The van der Waals surface area contributed by atoms with Crippen LogP contribution < -0.4 is 5.09 Å².